The second kappa shape index (κ2) is 18.0. The molecule has 0 radical (unpaired) electrons. The number of benzene rings is 3. The molecule has 1 saturated carbocycles. The third kappa shape index (κ3) is 10.6. The number of methoxy groups -OCH3 is 1. The van der Waals surface area contributed by atoms with Crippen LogP contribution in [0.2, 0.25) is 0 Å². The number of hydrogen-bond acceptors (Lipinski definition) is 6. The molecule has 0 aromatic heterocycles. The van der Waals surface area contributed by atoms with E-state index in [4.69, 9.17) is 14.2 Å². The maximum absolute atomic E-state index is 13.5. The Labute approximate surface area is 272 Å². The lowest BCUT2D eigenvalue weighted by Gasteiger charge is -2.27. The summed E-state index contributed by atoms with van der Waals surface area (Å²) in [6, 6.07) is 20.6. The summed E-state index contributed by atoms with van der Waals surface area (Å²) in [6.45, 7) is 3.40. The standard InChI is InChI=1S/C37H47NO6S/c1-26-9-7-8-12-32(26)34-22-29(15-18-33(34)36(39)38-35(37(40)41)19-20-45-3)24-44-31(21-27-10-5-4-6-11-27)25-43-23-28-13-16-30(42-2)17-14-28/h7-9,12-18,22,27,31,35H,4-6,10-11,19-21,23-25H2,1-3H3,(H,38,39)(H,40,41). The highest BCUT2D eigenvalue weighted by Gasteiger charge is 2.24. The molecule has 8 heteroatoms. The van der Waals surface area contributed by atoms with Gasteiger partial charge in [-0.3, -0.25) is 4.79 Å². The SMILES string of the molecule is COc1ccc(COCC(CC2CCCCC2)OCc2ccc(C(=O)NC(CCSC)C(=O)O)c(-c3ccccc3C)c2)cc1. The fourth-order valence-electron chi connectivity index (χ4n) is 5.93. The molecule has 1 fully saturated rings. The Bertz CT molecular complexity index is 1370. The number of carboxylic acids is 1. The van der Waals surface area contributed by atoms with E-state index in [0.717, 1.165) is 40.0 Å². The number of aliphatic carboxylic acids is 1. The molecule has 2 N–H and O–H groups in total. The highest BCUT2D eigenvalue weighted by molar-refractivity contribution is 7.98. The summed E-state index contributed by atoms with van der Waals surface area (Å²) in [5, 5.41) is 12.5. The molecular weight excluding hydrogens is 586 g/mol. The van der Waals surface area contributed by atoms with Crippen molar-refractivity contribution < 1.29 is 28.9 Å². The number of carbonyl (C=O) groups is 2. The van der Waals surface area contributed by atoms with Crippen molar-refractivity contribution >= 4 is 23.6 Å². The Morgan fingerprint density at radius 2 is 1.69 bits per heavy atom. The van der Waals surface area contributed by atoms with Crippen LogP contribution in [-0.4, -0.2) is 54.9 Å². The predicted molar refractivity (Wildman–Crippen MR) is 181 cm³/mol. The minimum Gasteiger partial charge on any atom is -0.497 e. The number of amides is 1. The smallest absolute Gasteiger partial charge is 0.326 e. The number of nitrogens with one attached hydrogen (secondary N) is 1. The van der Waals surface area contributed by atoms with Gasteiger partial charge in [0.1, 0.15) is 11.8 Å². The largest absolute Gasteiger partial charge is 0.497 e. The van der Waals surface area contributed by atoms with Crippen LogP contribution in [0.25, 0.3) is 11.1 Å². The van der Waals surface area contributed by atoms with Crippen molar-refractivity contribution in [2.75, 3.05) is 25.7 Å². The molecule has 1 aliphatic rings. The van der Waals surface area contributed by atoms with E-state index in [2.05, 4.69) is 5.32 Å². The highest BCUT2D eigenvalue weighted by Crippen LogP contribution is 2.31. The van der Waals surface area contributed by atoms with Crippen LogP contribution in [0.3, 0.4) is 0 Å². The van der Waals surface area contributed by atoms with Crippen LogP contribution in [0.4, 0.5) is 0 Å². The molecule has 0 saturated heterocycles. The van der Waals surface area contributed by atoms with Crippen LogP contribution in [-0.2, 0) is 27.5 Å². The van der Waals surface area contributed by atoms with Crippen molar-refractivity contribution in [2.45, 2.75) is 77.2 Å². The van der Waals surface area contributed by atoms with E-state index in [9.17, 15) is 14.7 Å². The summed E-state index contributed by atoms with van der Waals surface area (Å²) in [5.74, 6) is 0.678. The third-order valence-corrected chi connectivity index (χ3v) is 9.16. The van der Waals surface area contributed by atoms with E-state index in [-0.39, 0.29) is 6.10 Å². The van der Waals surface area contributed by atoms with Crippen molar-refractivity contribution in [3.8, 4) is 16.9 Å². The molecule has 1 amide bonds. The number of aryl methyl sites for hydroxylation is 1. The van der Waals surface area contributed by atoms with Gasteiger partial charge in [0, 0.05) is 5.56 Å². The molecule has 0 spiro atoms. The number of ether oxygens (including phenoxy) is 3. The molecule has 242 valence electrons. The van der Waals surface area contributed by atoms with Gasteiger partial charge in [-0.1, -0.05) is 74.6 Å². The van der Waals surface area contributed by atoms with Gasteiger partial charge in [0.05, 0.1) is 33.0 Å². The maximum Gasteiger partial charge on any atom is 0.326 e. The minimum absolute atomic E-state index is 0.0519. The lowest BCUT2D eigenvalue weighted by molar-refractivity contribution is -0.139. The van der Waals surface area contributed by atoms with Crippen LogP contribution in [0.1, 0.15) is 72.0 Å². The molecule has 45 heavy (non-hydrogen) atoms. The van der Waals surface area contributed by atoms with E-state index in [1.807, 2.05) is 73.8 Å². The van der Waals surface area contributed by atoms with Crippen molar-refractivity contribution in [3.05, 3.63) is 89.0 Å². The first kappa shape index (κ1) is 34.5. The highest BCUT2D eigenvalue weighted by atomic mass is 32.2. The number of rotatable bonds is 17. The molecule has 0 aliphatic heterocycles. The quantitative estimate of drug-likeness (QED) is 0.158. The molecule has 4 rings (SSSR count). The number of thioether (sulfide) groups is 1. The summed E-state index contributed by atoms with van der Waals surface area (Å²) in [4.78, 5) is 25.3. The summed E-state index contributed by atoms with van der Waals surface area (Å²) in [5.41, 5.74) is 5.21. The first-order valence-electron chi connectivity index (χ1n) is 15.9. The number of carboxylic acid groups (broad SMARTS) is 1. The van der Waals surface area contributed by atoms with Crippen LogP contribution in [0.5, 0.6) is 5.75 Å². The number of carbonyl (C=O) groups excluding carboxylic acids is 1. The molecule has 0 bridgehead atoms. The van der Waals surface area contributed by atoms with Gasteiger partial charge in [-0.05, 0) is 89.8 Å². The van der Waals surface area contributed by atoms with Gasteiger partial charge in [0.15, 0.2) is 0 Å². The second-order valence-electron chi connectivity index (χ2n) is 11.9. The first-order valence-corrected chi connectivity index (χ1v) is 17.3. The van der Waals surface area contributed by atoms with Crippen molar-refractivity contribution in [3.63, 3.8) is 0 Å². The van der Waals surface area contributed by atoms with Gasteiger partial charge in [0.25, 0.3) is 5.91 Å². The molecule has 3 aromatic carbocycles. The Morgan fingerprint density at radius 1 is 0.956 bits per heavy atom. The molecule has 1 aliphatic carbocycles. The van der Waals surface area contributed by atoms with Crippen molar-refractivity contribution in [1.82, 2.24) is 5.32 Å². The maximum atomic E-state index is 13.5. The number of hydrogen-bond donors (Lipinski definition) is 2. The molecule has 3 aromatic rings. The lowest BCUT2D eigenvalue weighted by Crippen LogP contribution is -2.41. The fraction of sp³-hybridized carbons (Fsp3) is 0.459. The van der Waals surface area contributed by atoms with E-state index < -0.39 is 17.9 Å². The van der Waals surface area contributed by atoms with Crippen molar-refractivity contribution in [2.24, 2.45) is 5.92 Å². The van der Waals surface area contributed by atoms with Gasteiger partial charge < -0.3 is 24.6 Å². The van der Waals surface area contributed by atoms with E-state index >= 15 is 0 Å². The molecular formula is C37H47NO6S. The average molecular weight is 634 g/mol. The second-order valence-corrected chi connectivity index (χ2v) is 12.9. The molecule has 0 heterocycles. The van der Waals surface area contributed by atoms with Gasteiger partial charge in [-0.15, -0.1) is 0 Å². The van der Waals surface area contributed by atoms with Crippen LogP contribution in [0, 0.1) is 12.8 Å². The zero-order valence-corrected chi connectivity index (χ0v) is 27.6. The van der Waals surface area contributed by atoms with E-state index in [0.29, 0.717) is 43.5 Å². The Hall–Kier alpha value is -3.33. The summed E-state index contributed by atoms with van der Waals surface area (Å²) in [6.07, 6.45) is 9.50. The third-order valence-electron chi connectivity index (χ3n) is 8.52. The van der Waals surface area contributed by atoms with E-state index in [1.54, 1.807) is 24.9 Å². The van der Waals surface area contributed by atoms with Gasteiger partial charge in [-0.2, -0.15) is 11.8 Å². The zero-order valence-electron chi connectivity index (χ0n) is 26.8. The Kier molecular flexibility index (Phi) is 13.8. The first-order chi connectivity index (χ1) is 21.9. The van der Waals surface area contributed by atoms with Crippen molar-refractivity contribution in [1.29, 1.82) is 0 Å². The summed E-state index contributed by atoms with van der Waals surface area (Å²) < 4.78 is 18.0. The summed E-state index contributed by atoms with van der Waals surface area (Å²) in [7, 11) is 1.66. The molecule has 2 atom stereocenters. The normalized spacial score (nSPS) is 14.9. The van der Waals surface area contributed by atoms with E-state index in [1.165, 1.54) is 32.1 Å². The monoisotopic (exact) mass is 633 g/mol. The summed E-state index contributed by atoms with van der Waals surface area (Å²) >= 11 is 1.56. The van der Waals surface area contributed by atoms with Gasteiger partial charge >= 0.3 is 5.97 Å². The fourth-order valence-corrected chi connectivity index (χ4v) is 6.40. The minimum atomic E-state index is -1.03. The molecule has 7 nitrogen and oxygen atoms in total. The van der Waals surface area contributed by atoms with Gasteiger partial charge in [-0.25, -0.2) is 4.79 Å². The topological polar surface area (TPSA) is 94.1 Å². The zero-order chi connectivity index (χ0) is 32.0. The van der Waals surface area contributed by atoms with Crippen LogP contribution < -0.4 is 10.1 Å². The average Bonchev–Trinajstić information content (AvgIpc) is 3.06. The molecule has 2 unspecified atom stereocenters. The van der Waals surface area contributed by atoms with Crippen LogP contribution >= 0.6 is 11.8 Å². The predicted octanol–water partition coefficient (Wildman–Crippen LogP) is 7.68. The van der Waals surface area contributed by atoms with Crippen LogP contribution in [0.15, 0.2) is 66.7 Å². The Balaban J connectivity index is 1.50. The Morgan fingerprint density at radius 3 is 2.38 bits per heavy atom. The van der Waals surface area contributed by atoms with Gasteiger partial charge in [0.2, 0.25) is 0 Å². The lowest BCUT2D eigenvalue weighted by atomic mass is 9.85.